The van der Waals surface area contributed by atoms with Gasteiger partial charge in [-0.3, -0.25) is 13.9 Å². The molecule has 2 fully saturated rings. The largest absolute Gasteiger partial charge is 0.494 e. The summed E-state index contributed by atoms with van der Waals surface area (Å²) in [7, 11) is -9.58. The van der Waals surface area contributed by atoms with E-state index >= 15 is 0 Å². The van der Waals surface area contributed by atoms with Crippen molar-refractivity contribution in [1.29, 1.82) is 0 Å². The van der Waals surface area contributed by atoms with Gasteiger partial charge in [-0.05, 0) is 68.4 Å². The Morgan fingerprint density at radius 3 is 2.34 bits per heavy atom. The molecular formula is C24H34N2O10P2. The van der Waals surface area contributed by atoms with Gasteiger partial charge in [0.15, 0.2) is 0 Å². The topological polar surface area (TPSA) is 199 Å². The Kier molecular flexibility index (Phi) is 8.27. The van der Waals surface area contributed by atoms with Crippen molar-refractivity contribution in [2.24, 2.45) is 17.6 Å². The second-order valence-electron chi connectivity index (χ2n) is 10.6. The van der Waals surface area contributed by atoms with E-state index < -0.39 is 37.7 Å². The molecule has 1 aromatic carbocycles. The van der Waals surface area contributed by atoms with Crippen LogP contribution in [0.3, 0.4) is 0 Å². The predicted octanol–water partition coefficient (Wildman–Crippen LogP) is 2.84. The molecule has 0 bridgehead atoms. The zero-order valence-corrected chi connectivity index (χ0v) is 23.0. The molecule has 2 aromatic rings. The molecule has 0 radical (unpaired) electrons. The number of esters is 1. The standard InChI is InChI=1S/C24H34N2O10P2/c1-13-9-14(11-16(25)10-13)3-4-15-5-8-18-20(22(15)35-2)26(17-6-7-17)12-19(21(18)27)23(28)36-24(37(29,30)31)38(32,33)34/h5,8,12-14,16-17,24H,3-4,6-7,9-11,25H2,1-2H3,(H2,29,30,31)(H2,32,33,34)/t13-,14?,16+/m1/s1. The van der Waals surface area contributed by atoms with Gasteiger partial charge < -0.3 is 39.3 Å². The quantitative estimate of drug-likeness (QED) is 0.219. The van der Waals surface area contributed by atoms with Gasteiger partial charge in [0, 0.05) is 18.3 Å². The van der Waals surface area contributed by atoms with Crippen LogP contribution in [0.2, 0.25) is 0 Å². The summed E-state index contributed by atoms with van der Waals surface area (Å²) in [5.74, 6) is 0.0146. The van der Waals surface area contributed by atoms with E-state index in [1.807, 2.05) is 0 Å². The normalized spacial score (nSPS) is 22.6. The molecule has 2 saturated carbocycles. The number of aryl methyl sites for hydroxylation is 1. The molecule has 6 N–H and O–H groups in total. The first-order chi connectivity index (χ1) is 17.7. The number of carbonyl (C=O) groups excluding carboxylic acids is 1. The maximum Gasteiger partial charge on any atom is 0.378 e. The third-order valence-corrected chi connectivity index (χ3v) is 10.4. The van der Waals surface area contributed by atoms with Gasteiger partial charge in [-0.25, -0.2) is 4.79 Å². The minimum Gasteiger partial charge on any atom is -0.494 e. The lowest BCUT2D eigenvalue weighted by Gasteiger charge is -2.31. The Labute approximate surface area is 219 Å². The number of fused-ring (bicyclic) bond motifs is 1. The number of hydrogen-bond acceptors (Lipinski definition) is 7. The van der Waals surface area contributed by atoms with Gasteiger partial charge in [-0.15, -0.1) is 0 Å². The Hall–Kier alpha value is -2.04. The lowest BCUT2D eigenvalue weighted by atomic mass is 9.77. The van der Waals surface area contributed by atoms with Crippen molar-refractivity contribution in [2.75, 3.05) is 7.11 Å². The summed E-state index contributed by atoms with van der Waals surface area (Å²) >= 11 is 0. The lowest BCUT2D eigenvalue weighted by molar-refractivity contribution is 0.0467. The van der Waals surface area contributed by atoms with Crippen molar-refractivity contribution in [3.8, 4) is 5.75 Å². The summed E-state index contributed by atoms with van der Waals surface area (Å²) in [5.41, 5.74) is 3.21. The summed E-state index contributed by atoms with van der Waals surface area (Å²) in [4.78, 5) is 63.4. The van der Waals surface area contributed by atoms with Crippen LogP contribution in [0.4, 0.5) is 0 Å². The summed E-state index contributed by atoms with van der Waals surface area (Å²) in [6.45, 7) is 2.21. The minimum atomic E-state index is -5.54. The number of nitrogens with zero attached hydrogens (tertiary/aromatic N) is 1. The van der Waals surface area contributed by atoms with Crippen molar-refractivity contribution >= 4 is 32.1 Å². The fourth-order valence-electron chi connectivity index (χ4n) is 5.56. The van der Waals surface area contributed by atoms with Crippen LogP contribution in [0.15, 0.2) is 23.1 Å². The van der Waals surface area contributed by atoms with Crippen LogP contribution in [0.25, 0.3) is 10.9 Å². The molecule has 2 aliphatic carbocycles. The van der Waals surface area contributed by atoms with Crippen molar-refractivity contribution in [3.63, 3.8) is 0 Å². The van der Waals surface area contributed by atoms with E-state index in [-0.39, 0.29) is 17.5 Å². The van der Waals surface area contributed by atoms with Crippen molar-refractivity contribution in [1.82, 2.24) is 4.57 Å². The molecule has 4 rings (SSSR count). The van der Waals surface area contributed by atoms with E-state index in [0.29, 0.717) is 29.5 Å². The third-order valence-electron chi connectivity index (χ3n) is 7.28. The lowest BCUT2D eigenvalue weighted by Crippen LogP contribution is -2.32. The van der Waals surface area contributed by atoms with Crippen LogP contribution in [0, 0.1) is 11.8 Å². The highest BCUT2D eigenvalue weighted by Gasteiger charge is 2.47. The first-order valence-corrected chi connectivity index (χ1v) is 15.9. The SMILES string of the molecule is COc1c(CCC2C[C@@H](C)C[C@H](N)C2)ccc2c(=O)c(C(=O)OC(P(=O)(O)O)P(=O)(O)O)cn(C3CC3)c12. The summed E-state index contributed by atoms with van der Waals surface area (Å²) in [6, 6.07) is 3.47. The molecule has 1 unspecified atom stereocenters. The monoisotopic (exact) mass is 572 g/mol. The molecule has 14 heteroatoms. The number of nitrogens with two attached hydrogens (primary N) is 1. The maximum atomic E-state index is 13.3. The molecule has 0 amide bonds. The average molecular weight is 572 g/mol. The fraction of sp³-hybridized carbons (Fsp3) is 0.583. The highest BCUT2D eigenvalue weighted by atomic mass is 31.2. The number of aromatic nitrogens is 1. The van der Waals surface area contributed by atoms with Crippen LogP contribution in [0.5, 0.6) is 5.75 Å². The zero-order valence-electron chi connectivity index (χ0n) is 21.2. The summed E-state index contributed by atoms with van der Waals surface area (Å²) < 4.78 is 35.2. The molecule has 0 aliphatic heterocycles. The Balaban J connectivity index is 1.72. The number of ether oxygens (including phenoxy) is 2. The van der Waals surface area contributed by atoms with Gasteiger partial charge in [-0.1, -0.05) is 13.0 Å². The molecule has 0 spiro atoms. The highest BCUT2D eigenvalue weighted by Crippen LogP contribution is 2.60. The number of methoxy groups -OCH3 is 1. The zero-order chi connectivity index (χ0) is 28.0. The Morgan fingerprint density at radius 2 is 1.79 bits per heavy atom. The van der Waals surface area contributed by atoms with Crippen molar-refractivity contribution in [3.05, 3.63) is 39.7 Å². The highest BCUT2D eigenvalue weighted by molar-refractivity contribution is 7.70. The van der Waals surface area contributed by atoms with Gasteiger partial charge in [0.25, 0.3) is 0 Å². The van der Waals surface area contributed by atoms with Crippen LogP contribution in [-0.2, 0) is 20.3 Å². The molecule has 12 nitrogen and oxygen atoms in total. The summed E-state index contributed by atoms with van der Waals surface area (Å²) in [5, 5.41) is 0.129. The number of hydrogen-bond donors (Lipinski definition) is 5. The van der Waals surface area contributed by atoms with Crippen LogP contribution < -0.4 is 15.9 Å². The number of carbonyl (C=O) groups is 1. The first kappa shape index (κ1) is 29.0. The fourth-order valence-corrected chi connectivity index (χ4v) is 7.59. The number of rotatable bonds is 9. The van der Waals surface area contributed by atoms with Gasteiger partial charge >= 0.3 is 26.7 Å². The molecule has 2 aliphatic rings. The van der Waals surface area contributed by atoms with Gasteiger partial charge in [0.2, 0.25) is 5.43 Å². The molecule has 0 saturated heterocycles. The van der Waals surface area contributed by atoms with Gasteiger partial charge in [0.1, 0.15) is 11.3 Å². The molecular weight excluding hydrogens is 538 g/mol. The van der Waals surface area contributed by atoms with E-state index in [0.717, 1.165) is 44.1 Å². The van der Waals surface area contributed by atoms with E-state index in [4.69, 9.17) is 10.5 Å². The minimum absolute atomic E-state index is 0.0506. The predicted molar refractivity (Wildman–Crippen MR) is 139 cm³/mol. The van der Waals surface area contributed by atoms with Crippen LogP contribution in [0.1, 0.15) is 67.4 Å². The Morgan fingerprint density at radius 1 is 1.13 bits per heavy atom. The van der Waals surface area contributed by atoms with Crippen LogP contribution in [-0.4, -0.2) is 48.8 Å². The first-order valence-electron chi connectivity index (χ1n) is 12.5. The average Bonchev–Trinajstić information content (AvgIpc) is 3.64. The van der Waals surface area contributed by atoms with Crippen molar-refractivity contribution < 1.29 is 43.0 Å². The van der Waals surface area contributed by atoms with E-state index in [9.17, 15) is 38.3 Å². The molecule has 1 heterocycles. The molecule has 1 aromatic heterocycles. The van der Waals surface area contributed by atoms with E-state index in [2.05, 4.69) is 11.7 Å². The molecule has 38 heavy (non-hydrogen) atoms. The van der Waals surface area contributed by atoms with Crippen molar-refractivity contribution in [2.45, 2.75) is 69.5 Å². The number of pyridine rings is 1. The van der Waals surface area contributed by atoms with Gasteiger partial charge in [0.05, 0.1) is 18.0 Å². The second-order valence-corrected chi connectivity index (χ2v) is 14.3. The van der Waals surface area contributed by atoms with Crippen LogP contribution >= 0.6 is 15.2 Å². The second kappa shape index (κ2) is 10.8. The smallest absolute Gasteiger partial charge is 0.378 e. The van der Waals surface area contributed by atoms with E-state index in [1.54, 1.807) is 16.7 Å². The molecule has 210 valence electrons. The summed E-state index contributed by atoms with van der Waals surface area (Å²) in [6.07, 6.45) is 7.46. The Bertz CT molecular complexity index is 1340. The molecule has 3 atom stereocenters. The van der Waals surface area contributed by atoms with E-state index in [1.165, 1.54) is 13.3 Å². The maximum absolute atomic E-state index is 13.3. The van der Waals surface area contributed by atoms with Gasteiger partial charge in [-0.2, -0.15) is 0 Å². The number of benzene rings is 1. The third kappa shape index (κ3) is 6.23.